The van der Waals surface area contributed by atoms with Crippen molar-refractivity contribution in [1.29, 1.82) is 0 Å². The predicted octanol–water partition coefficient (Wildman–Crippen LogP) is 4.07. The van der Waals surface area contributed by atoms with Crippen LogP contribution >= 0.6 is 15.9 Å². The summed E-state index contributed by atoms with van der Waals surface area (Å²) in [6.45, 7) is 6.10. The Kier molecular flexibility index (Phi) is 4.58. The van der Waals surface area contributed by atoms with Crippen LogP contribution in [0.3, 0.4) is 0 Å². The maximum Gasteiger partial charge on any atom is 0.142 e. The van der Waals surface area contributed by atoms with Crippen molar-refractivity contribution < 1.29 is 4.39 Å². The van der Waals surface area contributed by atoms with Crippen LogP contribution in [0.25, 0.3) is 0 Å². The third-order valence-electron chi connectivity index (χ3n) is 3.49. The van der Waals surface area contributed by atoms with Crippen LogP contribution in [-0.4, -0.2) is 0 Å². The van der Waals surface area contributed by atoms with Gasteiger partial charge in [-0.2, -0.15) is 0 Å². The van der Waals surface area contributed by atoms with Gasteiger partial charge in [-0.25, -0.2) is 9.82 Å². The molecule has 1 atom stereocenters. The third kappa shape index (κ3) is 2.77. The van der Waals surface area contributed by atoms with Gasteiger partial charge in [0.2, 0.25) is 0 Å². The summed E-state index contributed by atoms with van der Waals surface area (Å²) in [6.07, 6.45) is 0. The fraction of sp³-hybridized carbons (Fsp3) is 0.250. The van der Waals surface area contributed by atoms with Gasteiger partial charge in [0.25, 0.3) is 0 Å². The zero-order valence-corrected chi connectivity index (χ0v) is 13.4. The minimum absolute atomic E-state index is 0.283. The van der Waals surface area contributed by atoms with Crippen LogP contribution in [-0.2, 0) is 0 Å². The van der Waals surface area contributed by atoms with E-state index < -0.39 is 0 Å². The number of rotatable bonds is 3. The Balaban J connectivity index is 2.62. The van der Waals surface area contributed by atoms with Crippen LogP contribution in [0.4, 0.5) is 4.39 Å². The lowest BCUT2D eigenvalue weighted by atomic mass is 9.90. The molecule has 0 radical (unpaired) electrons. The van der Waals surface area contributed by atoms with Crippen LogP contribution in [0, 0.1) is 26.6 Å². The molecule has 2 rings (SSSR count). The van der Waals surface area contributed by atoms with Gasteiger partial charge in [0, 0.05) is 5.56 Å². The Bertz CT molecular complexity index is 617. The highest BCUT2D eigenvalue weighted by Crippen LogP contribution is 2.31. The second-order valence-electron chi connectivity index (χ2n) is 5.06. The zero-order valence-electron chi connectivity index (χ0n) is 11.8. The number of nitrogens with one attached hydrogen (secondary N) is 1. The molecule has 0 fully saturated rings. The molecule has 20 heavy (non-hydrogen) atoms. The lowest BCUT2D eigenvalue weighted by molar-refractivity contribution is 0.553. The zero-order chi connectivity index (χ0) is 14.9. The van der Waals surface area contributed by atoms with Gasteiger partial charge in [-0.15, -0.1) is 0 Å². The minimum atomic E-state index is -0.368. The van der Waals surface area contributed by atoms with E-state index in [1.807, 2.05) is 26.8 Å². The average Bonchev–Trinajstić information content (AvgIpc) is 2.37. The van der Waals surface area contributed by atoms with Gasteiger partial charge in [-0.1, -0.05) is 29.8 Å². The first-order chi connectivity index (χ1) is 9.45. The van der Waals surface area contributed by atoms with Gasteiger partial charge in [0.05, 0.1) is 10.5 Å². The van der Waals surface area contributed by atoms with E-state index in [-0.39, 0.29) is 11.9 Å². The smallest absolute Gasteiger partial charge is 0.142 e. The van der Waals surface area contributed by atoms with E-state index in [2.05, 4.69) is 33.5 Å². The molecular formula is C16H18BrFN2. The summed E-state index contributed by atoms with van der Waals surface area (Å²) in [5.41, 5.74) is 7.70. The highest BCUT2D eigenvalue weighted by atomic mass is 79.9. The number of hydrazine groups is 1. The van der Waals surface area contributed by atoms with Crippen LogP contribution in [0.1, 0.15) is 33.9 Å². The fourth-order valence-electron chi connectivity index (χ4n) is 2.72. The predicted molar refractivity (Wildman–Crippen MR) is 83.9 cm³/mol. The molecule has 106 valence electrons. The maximum atomic E-state index is 14.3. The van der Waals surface area contributed by atoms with Gasteiger partial charge < -0.3 is 0 Å². The van der Waals surface area contributed by atoms with Crippen molar-refractivity contribution in [1.82, 2.24) is 5.43 Å². The Labute approximate surface area is 127 Å². The Morgan fingerprint density at radius 2 is 1.75 bits per heavy atom. The van der Waals surface area contributed by atoms with E-state index in [1.54, 1.807) is 12.1 Å². The van der Waals surface area contributed by atoms with Crippen molar-refractivity contribution in [2.75, 3.05) is 0 Å². The number of halogens is 2. The van der Waals surface area contributed by atoms with Crippen molar-refractivity contribution in [3.63, 3.8) is 0 Å². The number of hydrogen-bond donors (Lipinski definition) is 2. The largest absolute Gasteiger partial charge is 0.271 e. The monoisotopic (exact) mass is 336 g/mol. The van der Waals surface area contributed by atoms with E-state index in [4.69, 9.17) is 5.84 Å². The molecular weight excluding hydrogens is 319 g/mol. The van der Waals surface area contributed by atoms with E-state index in [0.717, 1.165) is 16.7 Å². The number of aryl methyl sites for hydroxylation is 3. The second-order valence-corrected chi connectivity index (χ2v) is 5.91. The van der Waals surface area contributed by atoms with Crippen molar-refractivity contribution in [2.24, 2.45) is 5.84 Å². The van der Waals surface area contributed by atoms with Crippen LogP contribution < -0.4 is 11.3 Å². The molecule has 0 saturated heterocycles. The minimum Gasteiger partial charge on any atom is -0.271 e. The fourth-order valence-corrected chi connectivity index (χ4v) is 3.10. The molecule has 2 aromatic carbocycles. The van der Waals surface area contributed by atoms with Gasteiger partial charge >= 0.3 is 0 Å². The molecule has 3 N–H and O–H groups in total. The lowest BCUT2D eigenvalue weighted by Gasteiger charge is -2.22. The molecule has 0 saturated carbocycles. The Morgan fingerprint density at radius 3 is 2.30 bits per heavy atom. The molecule has 1 unspecified atom stereocenters. The standard InChI is InChI=1S/C16H18BrFN2/c1-9-7-10(2)14(11(3)8-9)16(20-19)12-5-4-6-13(17)15(12)18/h4-8,16,20H,19H2,1-3H3. The van der Waals surface area contributed by atoms with E-state index in [0.29, 0.717) is 10.0 Å². The summed E-state index contributed by atoms with van der Waals surface area (Å²) in [4.78, 5) is 0. The second kappa shape index (κ2) is 6.04. The van der Waals surface area contributed by atoms with Crippen molar-refractivity contribution in [3.8, 4) is 0 Å². The first-order valence-electron chi connectivity index (χ1n) is 6.43. The first kappa shape index (κ1) is 15.2. The molecule has 4 heteroatoms. The molecule has 0 bridgehead atoms. The van der Waals surface area contributed by atoms with E-state index >= 15 is 0 Å². The maximum absolute atomic E-state index is 14.3. The molecule has 0 aliphatic rings. The van der Waals surface area contributed by atoms with E-state index in [1.165, 1.54) is 5.56 Å². The summed E-state index contributed by atoms with van der Waals surface area (Å²) < 4.78 is 14.8. The van der Waals surface area contributed by atoms with Crippen LogP contribution in [0.5, 0.6) is 0 Å². The Hall–Kier alpha value is -1.23. The molecule has 2 aromatic rings. The van der Waals surface area contributed by atoms with E-state index in [9.17, 15) is 4.39 Å². The number of hydrogen-bond acceptors (Lipinski definition) is 2. The summed E-state index contributed by atoms with van der Waals surface area (Å²) in [5, 5.41) is 0. The topological polar surface area (TPSA) is 38.0 Å². The summed E-state index contributed by atoms with van der Waals surface area (Å²) >= 11 is 3.22. The molecule has 2 nitrogen and oxygen atoms in total. The molecule has 0 spiro atoms. The number of benzene rings is 2. The van der Waals surface area contributed by atoms with Crippen molar-refractivity contribution >= 4 is 15.9 Å². The Morgan fingerprint density at radius 1 is 1.15 bits per heavy atom. The molecule has 0 aliphatic heterocycles. The average molecular weight is 337 g/mol. The van der Waals surface area contributed by atoms with Gasteiger partial charge in [0.1, 0.15) is 5.82 Å². The quantitative estimate of drug-likeness (QED) is 0.655. The van der Waals surface area contributed by atoms with Crippen LogP contribution in [0.15, 0.2) is 34.8 Å². The highest BCUT2D eigenvalue weighted by Gasteiger charge is 2.21. The lowest BCUT2D eigenvalue weighted by Crippen LogP contribution is -2.30. The third-order valence-corrected chi connectivity index (χ3v) is 4.10. The SMILES string of the molecule is Cc1cc(C)c(C(NN)c2cccc(Br)c2F)c(C)c1. The molecule has 0 heterocycles. The van der Waals surface area contributed by atoms with Crippen LogP contribution in [0.2, 0.25) is 0 Å². The van der Waals surface area contributed by atoms with Gasteiger partial charge in [-0.05, 0) is 59.5 Å². The van der Waals surface area contributed by atoms with Crippen molar-refractivity contribution in [2.45, 2.75) is 26.8 Å². The molecule has 0 aromatic heterocycles. The molecule has 0 aliphatic carbocycles. The van der Waals surface area contributed by atoms with Gasteiger partial charge in [0.15, 0.2) is 0 Å². The summed E-state index contributed by atoms with van der Waals surface area (Å²) in [6, 6.07) is 9.05. The summed E-state index contributed by atoms with van der Waals surface area (Å²) in [5.74, 6) is 5.42. The normalized spacial score (nSPS) is 12.5. The molecule has 0 amide bonds. The highest BCUT2D eigenvalue weighted by molar-refractivity contribution is 9.10. The summed E-state index contributed by atoms with van der Waals surface area (Å²) in [7, 11) is 0. The first-order valence-corrected chi connectivity index (χ1v) is 7.22. The van der Waals surface area contributed by atoms with Crippen molar-refractivity contribution in [3.05, 3.63) is 68.4 Å². The number of nitrogens with two attached hydrogens (primary N) is 1. The van der Waals surface area contributed by atoms with Gasteiger partial charge in [-0.3, -0.25) is 5.84 Å².